The number of carbonyl (C=O) groups excluding carboxylic acids is 3. The minimum atomic E-state index is -0.846. The van der Waals surface area contributed by atoms with Crippen molar-refractivity contribution in [2.24, 2.45) is 11.3 Å². The maximum Gasteiger partial charge on any atom is 0.303 e. The number of thiazole rings is 1. The van der Waals surface area contributed by atoms with Crippen molar-refractivity contribution < 1.29 is 24.3 Å². The van der Waals surface area contributed by atoms with Gasteiger partial charge >= 0.3 is 5.97 Å². The van der Waals surface area contributed by atoms with E-state index in [9.17, 15) is 19.2 Å². The number of aryl methyl sites for hydroxylation is 1. The number of carboxylic acid groups (broad SMARTS) is 1. The summed E-state index contributed by atoms with van der Waals surface area (Å²) in [5.74, 6) is -1.37. The highest BCUT2D eigenvalue weighted by Crippen LogP contribution is 2.29. The Balaban J connectivity index is 1.60. The second kappa shape index (κ2) is 13.9. The Bertz CT molecular complexity index is 1190. The number of carboxylic acids is 1. The zero-order chi connectivity index (χ0) is 29.4. The van der Waals surface area contributed by atoms with E-state index in [1.165, 1.54) is 0 Å². The van der Waals surface area contributed by atoms with Crippen molar-refractivity contribution in [3.8, 4) is 10.4 Å². The molecular weight excluding hydrogens is 528 g/mol. The van der Waals surface area contributed by atoms with E-state index in [-0.39, 0.29) is 36.5 Å². The van der Waals surface area contributed by atoms with Crippen LogP contribution >= 0.6 is 11.3 Å². The van der Waals surface area contributed by atoms with Crippen molar-refractivity contribution in [2.45, 2.75) is 91.8 Å². The van der Waals surface area contributed by atoms with Crippen LogP contribution < -0.4 is 10.6 Å². The summed E-state index contributed by atoms with van der Waals surface area (Å²) in [6, 6.07) is 6.65. The number of hydrogen-bond acceptors (Lipinski definition) is 6. The molecule has 1 aliphatic rings. The van der Waals surface area contributed by atoms with Crippen LogP contribution in [0.2, 0.25) is 0 Å². The lowest BCUT2D eigenvalue weighted by Gasteiger charge is -2.35. The third-order valence-corrected chi connectivity index (χ3v) is 8.21. The van der Waals surface area contributed by atoms with Crippen LogP contribution in [-0.4, -0.2) is 57.3 Å². The number of aliphatic carboxylic acids is 1. The first-order valence-electron chi connectivity index (χ1n) is 14.0. The van der Waals surface area contributed by atoms with Gasteiger partial charge in [0.2, 0.25) is 17.7 Å². The Morgan fingerprint density at radius 3 is 2.38 bits per heavy atom. The topological polar surface area (TPSA) is 129 Å². The molecule has 0 radical (unpaired) electrons. The van der Waals surface area contributed by atoms with Crippen LogP contribution in [0.1, 0.15) is 77.5 Å². The highest BCUT2D eigenvalue weighted by atomic mass is 32.1. The molecular formula is C30H42N4O5S. The molecule has 3 N–H and O–H groups in total. The molecule has 10 heteroatoms. The fraction of sp³-hybridized carbons (Fsp3) is 0.567. The van der Waals surface area contributed by atoms with E-state index in [4.69, 9.17) is 5.11 Å². The van der Waals surface area contributed by atoms with Gasteiger partial charge in [0.25, 0.3) is 0 Å². The average molecular weight is 571 g/mol. The number of benzene rings is 1. The molecule has 0 spiro atoms. The van der Waals surface area contributed by atoms with E-state index >= 15 is 0 Å². The third kappa shape index (κ3) is 8.61. The van der Waals surface area contributed by atoms with Crippen molar-refractivity contribution in [3.63, 3.8) is 0 Å². The van der Waals surface area contributed by atoms with Gasteiger partial charge in [-0.25, -0.2) is 4.98 Å². The van der Waals surface area contributed by atoms with Gasteiger partial charge in [-0.05, 0) is 48.6 Å². The summed E-state index contributed by atoms with van der Waals surface area (Å²) >= 11 is 1.60. The molecule has 1 aliphatic heterocycles. The fourth-order valence-electron chi connectivity index (χ4n) is 4.98. The molecule has 0 saturated carbocycles. The number of hydrogen-bond donors (Lipinski definition) is 3. The summed E-state index contributed by atoms with van der Waals surface area (Å²) in [7, 11) is 0. The number of amides is 3. The maximum atomic E-state index is 13.8. The summed E-state index contributed by atoms with van der Waals surface area (Å²) < 4.78 is 0. The van der Waals surface area contributed by atoms with E-state index in [2.05, 4.69) is 15.6 Å². The summed E-state index contributed by atoms with van der Waals surface area (Å²) in [5.41, 5.74) is 4.32. The quantitative estimate of drug-likeness (QED) is 0.322. The van der Waals surface area contributed by atoms with Gasteiger partial charge in [0.05, 0.1) is 16.1 Å². The lowest BCUT2D eigenvalue weighted by atomic mass is 9.85. The molecule has 1 aromatic carbocycles. The Labute approximate surface area is 240 Å². The van der Waals surface area contributed by atoms with E-state index in [0.29, 0.717) is 38.8 Å². The standard InChI is InChI=1S/C30H42N4O5S/c1-19-15-23(28(38)31-16-21-11-13-22(14-12-21)26-20(2)32-18-40-26)34(17-19)29(39)27(30(3,4)5)33-24(35)9-7-6-8-10-25(36)37/h11-14,18-19,23,27H,6-10,15-17H2,1-5H3,(H,31,38)(H,33,35)(H,36,37)/t19?,23-,27+/m0/s1. The molecule has 2 aromatic rings. The molecule has 1 saturated heterocycles. The molecule has 3 rings (SSSR count). The second-order valence-electron chi connectivity index (χ2n) is 11.8. The average Bonchev–Trinajstić information content (AvgIpc) is 3.50. The SMILES string of the molecule is Cc1ncsc1-c1ccc(CNC(=O)[C@@H]2CC(C)CN2C(=O)[C@@H](NC(=O)CCCCCC(=O)O)C(C)(C)C)cc1. The van der Waals surface area contributed by atoms with Crippen molar-refractivity contribution >= 4 is 35.0 Å². The highest BCUT2D eigenvalue weighted by molar-refractivity contribution is 7.13. The number of nitrogens with zero attached hydrogens (tertiary/aromatic N) is 2. The van der Waals surface area contributed by atoms with Crippen LogP contribution in [0.25, 0.3) is 10.4 Å². The first-order chi connectivity index (χ1) is 18.9. The molecule has 3 atom stereocenters. The van der Waals surface area contributed by atoms with Gasteiger partial charge in [-0.2, -0.15) is 0 Å². The Hall–Kier alpha value is -3.27. The van der Waals surface area contributed by atoms with E-state index in [1.807, 2.05) is 64.4 Å². The van der Waals surface area contributed by atoms with Gasteiger partial charge < -0.3 is 20.6 Å². The summed E-state index contributed by atoms with van der Waals surface area (Å²) in [4.78, 5) is 57.5. The number of aromatic nitrogens is 1. The van der Waals surface area contributed by atoms with E-state index in [1.54, 1.807) is 16.2 Å². The molecule has 0 bridgehead atoms. The Kier molecular flexibility index (Phi) is 10.8. The normalized spacial score (nSPS) is 17.9. The van der Waals surface area contributed by atoms with Crippen LogP contribution in [0.4, 0.5) is 0 Å². The van der Waals surface area contributed by atoms with Gasteiger partial charge in [0.15, 0.2) is 0 Å². The lowest BCUT2D eigenvalue weighted by Crippen LogP contribution is -2.57. The van der Waals surface area contributed by atoms with Crippen LogP contribution in [-0.2, 0) is 25.7 Å². The fourth-order valence-corrected chi connectivity index (χ4v) is 5.80. The van der Waals surface area contributed by atoms with Crippen LogP contribution in [0.5, 0.6) is 0 Å². The minimum absolute atomic E-state index is 0.0825. The van der Waals surface area contributed by atoms with Crippen LogP contribution in [0.3, 0.4) is 0 Å². The number of rotatable bonds is 12. The predicted molar refractivity (Wildman–Crippen MR) is 156 cm³/mol. The predicted octanol–water partition coefficient (Wildman–Crippen LogP) is 4.54. The van der Waals surface area contributed by atoms with Crippen LogP contribution in [0.15, 0.2) is 29.8 Å². The Morgan fingerprint density at radius 2 is 1.77 bits per heavy atom. The Morgan fingerprint density at radius 1 is 1.10 bits per heavy atom. The van der Waals surface area contributed by atoms with Gasteiger partial charge in [-0.3, -0.25) is 19.2 Å². The molecule has 1 aromatic heterocycles. The van der Waals surface area contributed by atoms with Crippen molar-refractivity contribution in [1.82, 2.24) is 20.5 Å². The van der Waals surface area contributed by atoms with Gasteiger partial charge in [-0.1, -0.05) is 58.4 Å². The summed E-state index contributed by atoms with van der Waals surface area (Å²) in [5, 5.41) is 14.7. The summed E-state index contributed by atoms with van der Waals surface area (Å²) in [6.07, 6.45) is 2.58. The van der Waals surface area contributed by atoms with E-state index < -0.39 is 23.5 Å². The lowest BCUT2D eigenvalue weighted by molar-refractivity contribution is -0.144. The minimum Gasteiger partial charge on any atom is -0.481 e. The smallest absolute Gasteiger partial charge is 0.303 e. The highest BCUT2D eigenvalue weighted by Gasteiger charge is 2.43. The zero-order valence-corrected chi connectivity index (χ0v) is 25.0. The number of carbonyl (C=O) groups is 4. The molecule has 0 aliphatic carbocycles. The van der Waals surface area contributed by atoms with Crippen LogP contribution in [0, 0.1) is 18.3 Å². The zero-order valence-electron chi connectivity index (χ0n) is 24.2. The van der Waals surface area contributed by atoms with E-state index in [0.717, 1.165) is 21.7 Å². The van der Waals surface area contributed by atoms with Gasteiger partial charge in [0, 0.05) is 25.9 Å². The van der Waals surface area contributed by atoms with Gasteiger partial charge in [0.1, 0.15) is 12.1 Å². The molecule has 1 fully saturated rings. The first kappa shape index (κ1) is 31.3. The maximum absolute atomic E-state index is 13.8. The molecule has 1 unspecified atom stereocenters. The number of nitrogens with one attached hydrogen (secondary N) is 2. The molecule has 218 valence electrons. The largest absolute Gasteiger partial charge is 0.481 e. The van der Waals surface area contributed by atoms with Gasteiger partial charge in [-0.15, -0.1) is 11.3 Å². The summed E-state index contributed by atoms with van der Waals surface area (Å²) in [6.45, 7) is 10.5. The number of unbranched alkanes of at least 4 members (excludes halogenated alkanes) is 2. The molecule has 2 heterocycles. The number of likely N-dealkylation sites (tertiary alicyclic amines) is 1. The molecule has 40 heavy (non-hydrogen) atoms. The second-order valence-corrected chi connectivity index (χ2v) is 12.7. The van der Waals surface area contributed by atoms with Crippen molar-refractivity contribution in [3.05, 3.63) is 41.0 Å². The first-order valence-corrected chi connectivity index (χ1v) is 14.8. The molecule has 9 nitrogen and oxygen atoms in total. The van der Waals surface area contributed by atoms with Crippen molar-refractivity contribution in [1.29, 1.82) is 0 Å². The third-order valence-electron chi connectivity index (χ3n) is 7.24. The van der Waals surface area contributed by atoms with Crippen molar-refractivity contribution in [2.75, 3.05) is 6.54 Å². The molecule has 3 amide bonds. The monoisotopic (exact) mass is 570 g/mol.